The van der Waals surface area contributed by atoms with Crippen LogP contribution in [0.3, 0.4) is 0 Å². The van der Waals surface area contributed by atoms with Crippen molar-refractivity contribution in [3.8, 4) is 5.75 Å². The highest BCUT2D eigenvalue weighted by molar-refractivity contribution is 7.22. The Morgan fingerprint density at radius 1 is 1.27 bits per heavy atom. The number of nitrogens with zero attached hydrogens (tertiary/aromatic N) is 3. The van der Waals surface area contributed by atoms with E-state index in [-0.39, 0.29) is 18.3 Å². The maximum atomic E-state index is 13.2. The lowest BCUT2D eigenvalue weighted by atomic mass is 10.2. The number of carbonyl (C=O) groups excluding carboxylic acids is 1. The first-order valence-corrected chi connectivity index (χ1v) is 11.8. The molecule has 176 valence electrons. The number of ether oxygens (including phenoxy) is 2. The number of carbonyl (C=O) groups is 1. The number of halogens is 2. The topological polar surface area (TPSA) is 54.9 Å². The molecule has 0 aliphatic carbocycles. The first-order valence-electron chi connectivity index (χ1n) is 10.6. The predicted molar refractivity (Wildman–Crippen MR) is 138 cm³/mol. The number of fused-ring (bicyclic) bond motifs is 1. The van der Waals surface area contributed by atoms with E-state index in [2.05, 4.69) is 4.90 Å². The molecule has 2 aromatic carbocycles. The number of hydrogen-bond donors (Lipinski definition) is 0. The van der Waals surface area contributed by atoms with E-state index < -0.39 is 0 Å². The molecule has 0 unspecified atom stereocenters. The molecule has 1 aromatic heterocycles. The number of benzene rings is 2. The van der Waals surface area contributed by atoms with Crippen molar-refractivity contribution >= 4 is 62.7 Å². The first kappa shape index (κ1) is 25.5. The smallest absolute Gasteiger partial charge is 0.252 e. The predicted octanol–water partition coefficient (Wildman–Crippen LogP) is 5.15. The van der Waals surface area contributed by atoms with Gasteiger partial charge in [-0.2, -0.15) is 0 Å². The summed E-state index contributed by atoms with van der Waals surface area (Å²) >= 11 is 7.75. The standard InChI is InChI=1S/C24H26ClN3O3S.ClH/c1-30-19-8-9-22-21(17-19)26-24(32-22)28(12-4-11-27-13-15-31-16-14-27)23(29)10-7-18-5-2-3-6-20(18)25;/h2-3,5-10,17H,4,11-16H2,1H3;1H/b10-7+;. The van der Waals surface area contributed by atoms with Crippen molar-refractivity contribution in [1.29, 1.82) is 0 Å². The van der Waals surface area contributed by atoms with E-state index in [9.17, 15) is 4.79 Å². The second kappa shape index (κ2) is 12.3. The highest BCUT2D eigenvalue weighted by Crippen LogP contribution is 2.31. The van der Waals surface area contributed by atoms with Gasteiger partial charge >= 0.3 is 0 Å². The van der Waals surface area contributed by atoms with Crippen molar-refractivity contribution in [3.05, 3.63) is 59.1 Å². The fraction of sp³-hybridized carbons (Fsp3) is 0.333. The SMILES string of the molecule is COc1ccc2sc(N(CCCN3CCOCC3)C(=O)/C=C/c3ccccc3Cl)nc2c1.Cl. The molecule has 0 atom stereocenters. The minimum absolute atomic E-state index is 0. The van der Waals surface area contributed by atoms with Gasteiger partial charge in [-0.3, -0.25) is 14.6 Å². The van der Waals surface area contributed by atoms with E-state index >= 15 is 0 Å². The van der Waals surface area contributed by atoms with Gasteiger partial charge in [0.25, 0.3) is 5.91 Å². The van der Waals surface area contributed by atoms with Crippen LogP contribution in [0.5, 0.6) is 5.75 Å². The molecule has 1 aliphatic rings. The summed E-state index contributed by atoms with van der Waals surface area (Å²) in [5.41, 5.74) is 1.63. The highest BCUT2D eigenvalue weighted by Gasteiger charge is 2.19. The molecule has 4 rings (SSSR count). The van der Waals surface area contributed by atoms with Crippen LogP contribution in [0.1, 0.15) is 12.0 Å². The van der Waals surface area contributed by atoms with Crippen LogP contribution >= 0.6 is 35.3 Å². The Labute approximate surface area is 209 Å². The minimum atomic E-state index is -0.113. The molecule has 0 spiro atoms. The summed E-state index contributed by atoms with van der Waals surface area (Å²) in [6.07, 6.45) is 4.18. The summed E-state index contributed by atoms with van der Waals surface area (Å²) < 4.78 is 11.8. The Kier molecular flexibility index (Phi) is 9.52. The number of methoxy groups -OCH3 is 1. The first-order chi connectivity index (χ1) is 15.6. The molecule has 1 amide bonds. The van der Waals surface area contributed by atoms with Crippen LogP contribution in [0.2, 0.25) is 5.02 Å². The van der Waals surface area contributed by atoms with Crippen LogP contribution in [-0.4, -0.2) is 62.3 Å². The zero-order valence-electron chi connectivity index (χ0n) is 18.4. The summed E-state index contributed by atoms with van der Waals surface area (Å²) in [6.45, 7) is 4.90. The van der Waals surface area contributed by atoms with Crippen LogP contribution in [0, 0.1) is 0 Å². The molecular weight excluding hydrogens is 481 g/mol. The van der Waals surface area contributed by atoms with Gasteiger partial charge in [0.15, 0.2) is 5.13 Å². The number of hydrogen-bond acceptors (Lipinski definition) is 6. The van der Waals surface area contributed by atoms with Crippen LogP contribution < -0.4 is 9.64 Å². The van der Waals surface area contributed by atoms with Gasteiger partial charge in [-0.05, 0) is 36.3 Å². The number of aromatic nitrogens is 1. The molecule has 6 nitrogen and oxygen atoms in total. The maximum Gasteiger partial charge on any atom is 0.252 e. The van der Waals surface area contributed by atoms with E-state index in [0.29, 0.717) is 16.7 Å². The molecule has 0 saturated carbocycles. The number of anilines is 1. The lowest BCUT2D eigenvalue weighted by molar-refractivity contribution is -0.114. The lowest BCUT2D eigenvalue weighted by Gasteiger charge is -2.27. The van der Waals surface area contributed by atoms with E-state index in [1.165, 1.54) is 11.3 Å². The fourth-order valence-corrected chi connectivity index (χ4v) is 4.75. The Morgan fingerprint density at radius 3 is 2.82 bits per heavy atom. The van der Waals surface area contributed by atoms with Crippen molar-refractivity contribution in [1.82, 2.24) is 9.88 Å². The van der Waals surface area contributed by atoms with Crippen LogP contribution in [0.4, 0.5) is 5.13 Å². The van der Waals surface area contributed by atoms with E-state index in [1.54, 1.807) is 24.2 Å². The zero-order chi connectivity index (χ0) is 22.3. The minimum Gasteiger partial charge on any atom is -0.497 e. The molecule has 9 heteroatoms. The molecule has 2 heterocycles. The quantitative estimate of drug-likeness (QED) is 0.394. The van der Waals surface area contributed by atoms with Crippen molar-refractivity contribution in [2.24, 2.45) is 0 Å². The van der Waals surface area contributed by atoms with E-state index in [0.717, 1.165) is 60.8 Å². The van der Waals surface area contributed by atoms with Crippen LogP contribution in [0.25, 0.3) is 16.3 Å². The molecular formula is C24H27Cl2N3O3S. The third-order valence-corrected chi connectivity index (χ3v) is 6.75. The second-order valence-corrected chi connectivity index (χ2v) is 8.90. The number of rotatable bonds is 8. The van der Waals surface area contributed by atoms with Gasteiger partial charge in [0.1, 0.15) is 5.75 Å². The molecule has 0 radical (unpaired) electrons. The molecule has 1 saturated heterocycles. The van der Waals surface area contributed by atoms with Crippen molar-refractivity contribution < 1.29 is 14.3 Å². The Balaban J connectivity index is 0.00000306. The van der Waals surface area contributed by atoms with Crippen molar-refractivity contribution in [3.63, 3.8) is 0 Å². The van der Waals surface area contributed by atoms with Gasteiger partial charge in [0.05, 0.1) is 30.5 Å². The average molecular weight is 508 g/mol. The summed E-state index contributed by atoms with van der Waals surface area (Å²) in [4.78, 5) is 22.1. The largest absolute Gasteiger partial charge is 0.497 e. The average Bonchev–Trinajstić information content (AvgIpc) is 3.24. The molecule has 3 aromatic rings. The molecule has 0 N–H and O–H groups in total. The van der Waals surface area contributed by atoms with E-state index in [4.69, 9.17) is 26.1 Å². The lowest BCUT2D eigenvalue weighted by Crippen LogP contribution is -2.39. The van der Waals surface area contributed by atoms with Gasteiger partial charge in [-0.15, -0.1) is 12.4 Å². The van der Waals surface area contributed by atoms with Crippen LogP contribution in [-0.2, 0) is 9.53 Å². The Hall–Kier alpha value is -2.16. The normalized spacial score (nSPS) is 14.4. The molecule has 33 heavy (non-hydrogen) atoms. The van der Waals surface area contributed by atoms with Crippen molar-refractivity contribution in [2.45, 2.75) is 6.42 Å². The van der Waals surface area contributed by atoms with Gasteiger partial charge in [-0.1, -0.05) is 41.1 Å². The monoisotopic (exact) mass is 507 g/mol. The van der Waals surface area contributed by atoms with Gasteiger partial charge in [0.2, 0.25) is 0 Å². The molecule has 1 aliphatic heterocycles. The van der Waals surface area contributed by atoms with E-state index in [1.807, 2.05) is 42.5 Å². The third-order valence-electron chi connectivity index (χ3n) is 5.35. The van der Waals surface area contributed by atoms with Gasteiger partial charge < -0.3 is 9.47 Å². The van der Waals surface area contributed by atoms with Crippen LogP contribution in [0.15, 0.2) is 48.5 Å². The number of thiazole rings is 1. The maximum absolute atomic E-state index is 13.2. The summed E-state index contributed by atoms with van der Waals surface area (Å²) in [6, 6.07) is 13.3. The number of morpholine rings is 1. The second-order valence-electron chi connectivity index (χ2n) is 7.48. The summed E-state index contributed by atoms with van der Waals surface area (Å²) in [5.74, 6) is 0.635. The van der Waals surface area contributed by atoms with Gasteiger partial charge in [0, 0.05) is 43.3 Å². The molecule has 0 bridgehead atoms. The Morgan fingerprint density at radius 2 is 2.06 bits per heavy atom. The summed E-state index contributed by atoms with van der Waals surface area (Å²) in [5, 5.41) is 1.30. The summed E-state index contributed by atoms with van der Waals surface area (Å²) in [7, 11) is 1.63. The fourth-order valence-electron chi connectivity index (χ4n) is 3.58. The number of amides is 1. The third kappa shape index (κ3) is 6.68. The van der Waals surface area contributed by atoms with Crippen molar-refractivity contribution in [2.75, 3.05) is 51.4 Å². The van der Waals surface area contributed by atoms with Gasteiger partial charge in [-0.25, -0.2) is 4.98 Å². The zero-order valence-corrected chi connectivity index (χ0v) is 20.8. The Bertz CT molecular complexity index is 1100. The highest BCUT2D eigenvalue weighted by atomic mass is 35.5. The molecule has 1 fully saturated rings.